The minimum Gasteiger partial charge on any atom is -0.375 e. The molecule has 2 amide bonds. The summed E-state index contributed by atoms with van der Waals surface area (Å²) < 4.78 is 5.45. The monoisotopic (exact) mass is 263 g/mol. The first-order valence-electron chi connectivity index (χ1n) is 6.17. The molecule has 1 fully saturated rings. The summed E-state index contributed by atoms with van der Waals surface area (Å²) in [6, 6.07) is 6.46. The molecule has 1 aromatic rings. The van der Waals surface area contributed by atoms with Crippen LogP contribution in [0, 0.1) is 0 Å². The molecule has 102 valence electrons. The number of hydrogen-bond acceptors (Lipinski definition) is 4. The number of primary amides is 1. The van der Waals surface area contributed by atoms with Crippen LogP contribution in [0.3, 0.4) is 0 Å². The van der Waals surface area contributed by atoms with Crippen molar-refractivity contribution in [1.29, 1.82) is 0 Å². The summed E-state index contributed by atoms with van der Waals surface area (Å²) >= 11 is 0. The third-order valence-corrected chi connectivity index (χ3v) is 2.87. The highest BCUT2D eigenvalue weighted by Crippen LogP contribution is 2.10. The van der Waals surface area contributed by atoms with Crippen LogP contribution in [0.1, 0.15) is 16.8 Å². The molecule has 0 aliphatic carbocycles. The molecule has 0 saturated carbocycles. The molecule has 1 atom stereocenters. The number of carbonyl (C=O) groups is 2. The van der Waals surface area contributed by atoms with Gasteiger partial charge in [-0.05, 0) is 24.3 Å². The first kappa shape index (κ1) is 13.5. The Balaban J connectivity index is 1.85. The number of amides is 2. The predicted octanol–water partition coefficient (Wildman–Crippen LogP) is 0.102. The van der Waals surface area contributed by atoms with E-state index < -0.39 is 5.91 Å². The molecule has 0 spiro atoms. The van der Waals surface area contributed by atoms with Gasteiger partial charge in [0.05, 0.1) is 19.1 Å². The molecule has 2 rings (SSSR count). The van der Waals surface area contributed by atoms with Crippen molar-refractivity contribution < 1.29 is 14.3 Å². The molecule has 0 bridgehead atoms. The molecule has 4 N–H and O–H groups in total. The van der Waals surface area contributed by atoms with Crippen molar-refractivity contribution in [3.05, 3.63) is 29.8 Å². The zero-order valence-electron chi connectivity index (χ0n) is 10.5. The fourth-order valence-electron chi connectivity index (χ4n) is 1.89. The number of hydrogen-bond donors (Lipinski definition) is 3. The molecule has 19 heavy (non-hydrogen) atoms. The lowest BCUT2D eigenvalue weighted by molar-refractivity contribution is -0.119. The van der Waals surface area contributed by atoms with Crippen molar-refractivity contribution in [2.75, 3.05) is 25.0 Å². The topological polar surface area (TPSA) is 93.5 Å². The van der Waals surface area contributed by atoms with Crippen LogP contribution >= 0.6 is 0 Å². The van der Waals surface area contributed by atoms with Crippen molar-refractivity contribution >= 4 is 17.5 Å². The second-order valence-corrected chi connectivity index (χ2v) is 4.39. The summed E-state index contributed by atoms with van der Waals surface area (Å²) in [4.78, 5) is 22.7. The van der Waals surface area contributed by atoms with Crippen molar-refractivity contribution in [3.63, 3.8) is 0 Å². The molecule has 1 aliphatic rings. The number of benzene rings is 1. The largest absolute Gasteiger partial charge is 0.375 e. The lowest BCUT2D eigenvalue weighted by Crippen LogP contribution is -2.40. The SMILES string of the molecule is NC(=O)c1ccc(NC(=O)CC2CNCCO2)cc1. The van der Waals surface area contributed by atoms with Gasteiger partial charge in [0.2, 0.25) is 11.8 Å². The second kappa shape index (κ2) is 6.31. The average Bonchev–Trinajstić information content (AvgIpc) is 2.40. The van der Waals surface area contributed by atoms with Gasteiger partial charge in [0.15, 0.2) is 0 Å². The summed E-state index contributed by atoms with van der Waals surface area (Å²) in [5.74, 6) is -0.597. The third kappa shape index (κ3) is 4.04. The smallest absolute Gasteiger partial charge is 0.248 e. The molecule has 1 heterocycles. The van der Waals surface area contributed by atoms with E-state index in [1.165, 1.54) is 0 Å². The van der Waals surface area contributed by atoms with E-state index in [4.69, 9.17) is 10.5 Å². The number of ether oxygens (including phenoxy) is 1. The molecule has 0 radical (unpaired) electrons. The fraction of sp³-hybridized carbons (Fsp3) is 0.385. The van der Waals surface area contributed by atoms with Crippen LogP contribution in [-0.4, -0.2) is 37.6 Å². The summed E-state index contributed by atoms with van der Waals surface area (Å²) in [7, 11) is 0. The molecule has 6 heteroatoms. The van der Waals surface area contributed by atoms with Crippen LogP contribution in [0.25, 0.3) is 0 Å². The Labute approximate surface area is 111 Å². The number of nitrogens with two attached hydrogens (primary N) is 1. The van der Waals surface area contributed by atoms with Gasteiger partial charge in [-0.25, -0.2) is 0 Å². The Morgan fingerprint density at radius 3 is 2.68 bits per heavy atom. The lowest BCUT2D eigenvalue weighted by atomic mass is 10.2. The standard InChI is InChI=1S/C13H17N3O3/c14-13(18)9-1-3-10(4-2-9)16-12(17)7-11-8-15-5-6-19-11/h1-4,11,15H,5-8H2,(H2,14,18)(H,16,17). The highest BCUT2D eigenvalue weighted by molar-refractivity contribution is 5.94. The minimum atomic E-state index is -0.487. The molecule has 1 saturated heterocycles. The molecule has 0 aromatic heterocycles. The minimum absolute atomic E-state index is 0.0846. The Hall–Kier alpha value is -1.92. The summed E-state index contributed by atoms with van der Waals surface area (Å²) in [6.45, 7) is 2.14. The second-order valence-electron chi connectivity index (χ2n) is 4.39. The first-order valence-corrected chi connectivity index (χ1v) is 6.17. The van der Waals surface area contributed by atoms with E-state index in [0.29, 0.717) is 30.8 Å². The number of rotatable bonds is 4. The quantitative estimate of drug-likeness (QED) is 0.718. The Morgan fingerprint density at radius 2 is 2.11 bits per heavy atom. The van der Waals surface area contributed by atoms with E-state index in [-0.39, 0.29) is 12.0 Å². The predicted molar refractivity (Wildman–Crippen MR) is 70.8 cm³/mol. The Morgan fingerprint density at radius 1 is 1.37 bits per heavy atom. The summed E-state index contributed by atoms with van der Waals surface area (Å²) in [6.07, 6.45) is 0.226. The van der Waals surface area contributed by atoms with Gasteiger partial charge in [-0.1, -0.05) is 0 Å². The van der Waals surface area contributed by atoms with E-state index in [1.54, 1.807) is 24.3 Å². The van der Waals surface area contributed by atoms with Crippen molar-refractivity contribution in [2.24, 2.45) is 5.73 Å². The van der Waals surface area contributed by atoms with Gasteiger partial charge in [-0.3, -0.25) is 9.59 Å². The highest BCUT2D eigenvalue weighted by Gasteiger charge is 2.17. The van der Waals surface area contributed by atoms with E-state index in [0.717, 1.165) is 6.54 Å². The molecular formula is C13H17N3O3. The van der Waals surface area contributed by atoms with Crippen molar-refractivity contribution in [3.8, 4) is 0 Å². The molecule has 6 nitrogen and oxygen atoms in total. The number of nitrogens with one attached hydrogen (secondary N) is 2. The van der Waals surface area contributed by atoms with Gasteiger partial charge < -0.3 is 21.1 Å². The Bertz CT molecular complexity index is 453. The van der Waals surface area contributed by atoms with Gasteiger partial charge in [0.25, 0.3) is 0 Å². The normalized spacial score (nSPS) is 18.8. The van der Waals surface area contributed by atoms with Crippen LogP contribution in [0.2, 0.25) is 0 Å². The summed E-state index contributed by atoms with van der Waals surface area (Å²) in [5.41, 5.74) is 6.19. The van der Waals surface area contributed by atoms with Gasteiger partial charge in [-0.2, -0.15) is 0 Å². The van der Waals surface area contributed by atoms with Crippen LogP contribution < -0.4 is 16.4 Å². The van der Waals surface area contributed by atoms with Crippen LogP contribution in [0.4, 0.5) is 5.69 Å². The number of anilines is 1. The van der Waals surface area contributed by atoms with Gasteiger partial charge in [-0.15, -0.1) is 0 Å². The zero-order valence-corrected chi connectivity index (χ0v) is 10.5. The maximum Gasteiger partial charge on any atom is 0.248 e. The van der Waals surface area contributed by atoms with E-state index in [1.807, 2.05) is 0 Å². The van der Waals surface area contributed by atoms with Crippen LogP contribution in [-0.2, 0) is 9.53 Å². The van der Waals surface area contributed by atoms with Gasteiger partial charge >= 0.3 is 0 Å². The molecular weight excluding hydrogens is 246 g/mol. The first-order chi connectivity index (χ1) is 9.15. The summed E-state index contributed by atoms with van der Waals surface area (Å²) in [5, 5.41) is 5.92. The molecule has 1 aromatic carbocycles. The maximum absolute atomic E-state index is 11.8. The average molecular weight is 263 g/mol. The third-order valence-electron chi connectivity index (χ3n) is 2.87. The highest BCUT2D eigenvalue weighted by atomic mass is 16.5. The molecule has 1 unspecified atom stereocenters. The van der Waals surface area contributed by atoms with Gasteiger partial charge in [0.1, 0.15) is 0 Å². The van der Waals surface area contributed by atoms with Crippen LogP contribution in [0.5, 0.6) is 0 Å². The number of morpholine rings is 1. The lowest BCUT2D eigenvalue weighted by Gasteiger charge is -2.23. The van der Waals surface area contributed by atoms with E-state index >= 15 is 0 Å². The Kier molecular flexibility index (Phi) is 4.48. The molecule has 1 aliphatic heterocycles. The zero-order chi connectivity index (χ0) is 13.7. The van der Waals surface area contributed by atoms with E-state index in [9.17, 15) is 9.59 Å². The van der Waals surface area contributed by atoms with Gasteiger partial charge in [0, 0.05) is 24.3 Å². The van der Waals surface area contributed by atoms with E-state index in [2.05, 4.69) is 10.6 Å². The van der Waals surface area contributed by atoms with Crippen LogP contribution in [0.15, 0.2) is 24.3 Å². The fourth-order valence-corrected chi connectivity index (χ4v) is 1.89. The number of carbonyl (C=O) groups excluding carboxylic acids is 2. The van der Waals surface area contributed by atoms with Crippen molar-refractivity contribution in [1.82, 2.24) is 5.32 Å². The van der Waals surface area contributed by atoms with Crippen molar-refractivity contribution in [2.45, 2.75) is 12.5 Å². The maximum atomic E-state index is 11.8.